The van der Waals surface area contributed by atoms with Gasteiger partial charge >= 0.3 is 0 Å². The van der Waals surface area contributed by atoms with Gasteiger partial charge in [-0.1, -0.05) is 23.7 Å². The maximum absolute atomic E-state index is 11.8. The van der Waals surface area contributed by atoms with E-state index < -0.39 is 6.10 Å². The molecular weight excluding hydrogens is 330 g/mol. The van der Waals surface area contributed by atoms with Gasteiger partial charge in [0.1, 0.15) is 6.10 Å². The number of oxazole rings is 1. The SMILES string of the molecule is CC(O)C(=O)N1CCN(Cc2ncc(-c3ccccc3Cl)o2)CC1. The molecule has 1 atom stereocenters. The average molecular weight is 350 g/mol. The molecule has 1 aliphatic rings. The van der Waals surface area contributed by atoms with Gasteiger partial charge in [0.2, 0.25) is 5.89 Å². The summed E-state index contributed by atoms with van der Waals surface area (Å²) in [4.78, 5) is 20.0. The Bertz CT molecular complexity index is 709. The lowest BCUT2D eigenvalue weighted by atomic mass is 10.2. The van der Waals surface area contributed by atoms with Crippen LogP contribution < -0.4 is 0 Å². The molecule has 3 rings (SSSR count). The number of benzene rings is 1. The maximum atomic E-state index is 11.8. The highest BCUT2D eigenvalue weighted by molar-refractivity contribution is 6.33. The van der Waals surface area contributed by atoms with Crippen LogP contribution in [0.25, 0.3) is 11.3 Å². The molecule has 2 aromatic rings. The third kappa shape index (κ3) is 3.77. The van der Waals surface area contributed by atoms with Gasteiger partial charge in [-0.2, -0.15) is 0 Å². The van der Waals surface area contributed by atoms with Crippen LogP contribution in [-0.4, -0.2) is 58.1 Å². The number of aromatic nitrogens is 1. The highest BCUT2D eigenvalue weighted by atomic mass is 35.5. The Balaban J connectivity index is 1.59. The number of carbonyl (C=O) groups excluding carboxylic acids is 1. The van der Waals surface area contributed by atoms with Gasteiger partial charge in [0.05, 0.1) is 17.8 Å². The number of halogens is 1. The number of amides is 1. The first kappa shape index (κ1) is 17.0. The van der Waals surface area contributed by atoms with Crippen molar-refractivity contribution in [1.82, 2.24) is 14.8 Å². The molecule has 1 amide bonds. The van der Waals surface area contributed by atoms with Crippen LogP contribution in [0, 0.1) is 0 Å². The summed E-state index contributed by atoms with van der Waals surface area (Å²) in [5.41, 5.74) is 0.824. The fourth-order valence-electron chi connectivity index (χ4n) is 2.75. The predicted molar refractivity (Wildman–Crippen MR) is 90.5 cm³/mol. The number of piperazine rings is 1. The molecular formula is C17H20ClN3O3. The Morgan fingerprint density at radius 2 is 2.04 bits per heavy atom. The van der Waals surface area contributed by atoms with E-state index in [9.17, 15) is 9.90 Å². The zero-order valence-corrected chi connectivity index (χ0v) is 14.2. The average Bonchev–Trinajstić information content (AvgIpc) is 3.03. The molecule has 0 bridgehead atoms. The first-order chi connectivity index (χ1) is 11.5. The van der Waals surface area contributed by atoms with E-state index in [1.54, 1.807) is 11.1 Å². The lowest BCUT2D eigenvalue weighted by molar-refractivity contribution is -0.141. The molecule has 7 heteroatoms. The Hall–Kier alpha value is -1.89. The summed E-state index contributed by atoms with van der Waals surface area (Å²) in [6.45, 7) is 4.73. The van der Waals surface area contributed by atoms with Crippen LogP contribution in [0.2, 0.25) is 5.02 Å². The smallest absolute Gasteiger partial charge is 0.251 e. The lowest BCUT2D eigenvalue weighted by Crippen LogP contribution is -2.50. The third-order valence-electron chi connectivity index (χ3n) is 4.09. The molecule has 1 aliphatic heterocycles. The van der Waals surface area contributed by atoms with Gasteiger partial charge in [0, 0.05) is 31.7 Å². The summed E-state index contributed by atoms with van der Waals surface area (Å²) >= 11 is 6.18. The van der Waals surface area contributed by atoms with Gasteiger partial charge in [-0.25, -0.2) is 4.98 Å². The van der Waals surface area contributed by atoms with E-state index in [1.807, 2.05) is 24.3 Å². The largest absolute Gasteiger partial charge is 0.439 e. The van der Waals surface area contributed by atoms with Crippen LogP contribution in [0.5, 0.6) is 0 Å². The number of hydrogen-bond donors (Lipinski definition) is 1. The minimum atomic E-state index is -0.943. The van der Waals surface area contributed by atoms with Crippen molar-refractivity contribution in [2.45, 2.75) is 19.6 Å². The first-order valence-electron chi connectivity index (χ1n) is 7.93. The van der Waals surface area contributed by atoms with Gasteiger partial charge in [-0.05, 0) is 19.1 Å². The molecule has 0 aliphatic carbocycles. The van der Waals surface area contributed by atoms with Gasteiger partial charge in [-0.15, -0.1) is 0 Å². The lowest BCUT2D eigenvalue weighted by Gasteiger charge is -2.34. The summed E-state index contributed by atoms with van der Waals surface area (Å²) in [5, 5.41) is 10.00. The molecule has 1 aromatic heterocycles. The molecule has 0 spiro atoms. The number of carbonyl (C=O) groups is 1. The van der Waals surface area contributed by atoms with Crippen molar-refractivity contribution in [3.8, 4) is 11.3 Å². The second-order valence-corrected chi connectivity index (χ2v) is 6.28. The fourth-order valence-corrected chi connectivity index (χ4v) is 2.98. The molecule has 6 nitrogen and oxygen atoms in total. The van der Waals surface area contributed by atoms with Crippen molar-refractivity contribution in [3.63, 3.8) is 0 Å². The number of aliphatic hydroxyl groups excluding tert-OH is 1. The molecule has 1 aromatic carbocycles. The highest BCUT2D eigenvalue weighted by Gasteiger charge is 2.24. The predicted octanol–water partition coefficient (Wildman–Crippen LogP) is 2.02. The van der Waals surface area contributed by atoms with E-state index in [0.717, 1.165) is 18.7 Å². The van der Waals surface area contributed by atoms with Gasteiger partial charge in [0.25, 0.3) is 5.91 Å². The molecule has 24 heavy (non-hydrogen) atoms. The van der Waals surface area contributed by atoms with Gasteiger partial charge in [0.15, 0.2) is 5.76 Å². The summed E-state index contributed by atoms with van der Waals surface area (Å²) in [6, 6.07) is 7.49. The number of rotatable bonds is 4. The Morgan fingerprint density at radius 1 is 1.33 bits per heavy atom. The first-order valence-corrected chi connectivity index (χ1v) is 8.31. The normalized spacial score (nSPS) is 17.0. The summed E-state index contributed by atoms with van der Waals surface area (Å²) in [5.74, 6) is 1.06. The van der Waals surface area contributed by atoms with E-state index in [1.165, 1.54) is 6.92 Å². The number of hydrogen-bond acceptors (Lipinski definition) is 5. The summed E-state index contributed by atoms with van der Waals surface area (Å²) < 4.78 is 5.81. The van der Waals surface area contributed by atoms with Crippen molar-refractivity contribution < 1.29 is 14.3 Å². The zero-order valence-electron chi connectivity index (χ0n) is 13.5. The van der Waals surface area contributed by atoms with Crippen LogP contribution in [0.1, 0.15) is 12.8 Å². The van der Waals surface area contributed by atoms with Crippen molar-refractivity contribution in [2.75, 3.05) is 26.2 Å². The highest BCUT2D eigenvalue weighted by Crippen LogP contribution is 2.28. The van der Waals surface area contributed by atoms with E-state index in [4.69, 9.17) is 16.0 Å². The molecule has 1 unspecified atom stereocenters. The minimum absolute atomic E-state index is 0.216. The van der Waals surface area contributed by atoms with E-state index in [0.29, 0.717) is 36.3 Å². The second-order valence-electron chi connectivity index (χ2n) is 5.88. The molecule has 1 saturated heterocycles. The molecule has 1 N–H and O–H groups in total. The quantitative estimate of drug-likeness (QED) is 0.914. The van der Waals surface area contributed by atoms with E-state index in [2.05, 4.69) is 9.88 Å². The summed E-state index contributed by atoms with van der Waals surface area (Å²) in [7, 11) is 0. The van der Waals surface area contributed by atoms with Crippen molar-refractivity contribution in [2.24, 2.45) is 0 Å². The molecule has 0 radical (unpaired) electrons. The number of aliphatic hydroxyl groups is 1. The standard InChI is InChI=1S/C17H20ClN3O3/c1-12(22)17(23)21-8-6-20(7-9-21)11-16-19-10-15(24-16)13-4-2-3-5-14(13)18/h2-5,10,12,22H,6-9,11H2,1H3. The minimum Gasteiger partial charge on any atom is -0.439 e. The molecule has 0 saturated carbocycles. The topological polar surface area (TPSA) is 69.8 Å². The van der Waals surface area contributed by atoms with Crippen molar-refractivity contribution in [3.05, 3.63) is 41.4 Å². The van der Waals surface area contributed by atoms with Crippen molar-refractivity contribution in [1.29, 1.82) is 0 Å². The van der Waals surface area contributed by atoms with Crippen LogP contribution in [0.4, 0.5) is 0 Å². The molecule has 128 valence electrons. The van der Waals surface area contributed by atoms with Gasteiger partial charge < -0.3 is 14.4 Å². The summed E-state index contributed by atoms with van der Waals surface area (Å²) in [6.07, 6.45) is 0.741. The Morgan fingerprint density at radius 3 is 2.71 bits per heavy atom. The van der Waals surface area contributed by atoms with Crippen LogP contribution in [0.15, 0.2) is 34.9 Å². The monoisotopic (exact) mass is 349 g/mol. The Labute approximate surface area is 145 Å². The zero-order chi connectivity index (χ0) is 17.1. The second kappa shape index (κ2) is 7.34. The van der Waals surface area contributed by atoms with Crippen LogP contribution in [-0.2, 0) is 11.3 Å². The molecule has 1 fully saturated rings. The maximum Gasteiger partial charge on any atom is 0.251 e. The van der Waals surface area contributed by atoms with Gasteiger partial charge in [-0.3, -0.25) is 9.69 Å². The Kier molecular flexibility index (Phi) is 5.18. The van der Waals surface area contributed by atoms with E-state index >= 15 is 0 Å². The fraction of sp³-hybridized carbons (Fsp3) is 0.412. The third-order valence-corrected chi connectivity index (χ3v) is 4.42. The van der Waals surface area contributed by atoms with Crippen LogP contribution >= 0.6 is 11.6 Å². The number of nitrogens with zero attached hydrogens (tertiary/aromatic N) is 3. The van der Waals surface area contributed by atoms with E-state index in [-0.39, 0.29) is 5.91 Å². The van der Waals surface area contributed by atoms with Crippen LogP contribution in [0.3, 0.4) is 0 Å². The van der Waals surface area contributed by atoms with Crippen molar-refractivity contribution >= 4 is 17.5 Å². The molecule has 2 heterocycles.